The molecule has 0 aliphatic heterocycles. The van der Waals surface area contributed by atoms with Gasteiger partial charge in [0.2, 0.25) is 0 Å². The highest BCUT2D eigenvalue weighted by Gasteiger charge is 1.96. The number of imidazole rings is 1. The Labute approximate surface area is 107 Å². The van der Waals surface area contributed by atoms with Crippen LogP contribution in [0.1, 0.15) is 16.8 Å². The molecule has 1 heterocycles. The minimum absolute atomic E-state index is 0.674. The van der Waals surface area contributed by atoms with Gasteiger partial charge < -0.3 is 15.0 Å². The largest absolute Gasteiger partial charge is 0.380 e. The summed E-state index contributed by atoms with van der Waals surface area (Å²) in [6.07, 6.45) is 4.55. The van der Waals surface area contributed by atoms with E-state index in [4.69, 9.17) is 4.74 Å². The number of nitrogens with zero attached hydrogens (tertiary/aromatic N) is 1. The highest BCUT2D eigenvalue weighted by Crippen LogP contribution is 2.05. The van der Waals surface area contributed by atoms with Crippen LogP contribution in [0.5, 0.6) is 0 Å². The highest BCUT2D eigenvalue weighted by atomic mass is 16.5. The Morgan fingerprint density at radius 1 is 1.22 bits per heavy atom. The van der Waals surface area contributed by atoms with Crippen LogP contribution in [0.3, 0.4) is 0 Å². The summed E-state index contributed by atoms with van der Waals surface area (Å²) in [5.41, 5.74) is 3.66. The minimum atomic E-state index is 0.674. The second kappa shape index (κ2) is 6.93. The van der Waals surface area contributed by atoms with E-state index in [1.807, 2.05) is 6.20 Å². The molecule has 18 heavy (non-hydrogen) atoms. The highest BCUT2D eigenvalue weighted by molar-refractivity contribution is 5.21. The Balaban J connectivity index is 1.69. The topological polar surface area (TPSA) is 49.9 Å². The first-order valence-electron chi connectivity index (χ1n) is 6.13. The zero-order valence-corrected chi connectivity index (χ0v) is 10.6. The standard InChI is InChI=1S/C14H19N3O/c1-18-10-13-4-2-12(3-5-13)8-15-7-6-14-9-16-11-17-14/h2-5,9,11,15H,6-8,10H2,1H3,(H,16,17). The summed E-state index contributed by atoms with van der Waals surface area (Å²) in [4.78, 5) is 7.08. The van der Waals surface area contributed by atoms with Gasteiger partial charge in [-0.1, -0.05) is 24.3 Å². The molecule has 0 aliphatic rings. The van der Waals surface area contributed by atoms with Gasteiger partial charge in [0.15, 0.2) is 0 Å². The average Bonchev–Trinajstić information content (AvgIpc) is 2.90. The van der Waals surface area contributed by atoms with Crippen LogP contribution < -0.4 is 5.32 Å². The molecule has 96 valence electrons. The smallest absolute Gasteiger partial charge is 0.0921 e. The molecule has 0 saturated carbocycles. The number of nitrogens with one attached hydrogen (secondary N) is 2. The molecular weight excluding hydrogens is 226 g/mol. The van der Waals surface area contributed by atoms with E-state index in [1.165, 1.54) is 11.1 Å². The number of hydrogen-bond acceptors (Lipinski definition) is 3. The third kappa shape index (κ3) is 3.98. The predicted octanol–water partition coefficient (Wildman–Crippen LogP) is 1.89. The zero-order chi connectivity index (χ0) is 12.6. The lowest BCUT2D eigenvalue weighted by Crippen LogP contribution is -2.16. The van der Waals surface area contributed by atoms with Gasteiger partial charge in [-0.3, -0.25) is 0 Å². The van der Waals surface area contributed by atoms with Crippen molar-refractivity contribution in [2.75, 3.05) is 13.7 Å². The fourth-order valence-corrected chi connectivity index (χ4v) is 1.80. The van der Waals surface area contributed by atoms with Crippen molar-refractivity contribution in [3.8, 4) is 0 Å². The number of methoxy groups -OCH3 is 1. The molecule has 0 fully saturated rings. The Hall–Kier alpha value is -1.65. The van der Waals surface area contributed by atoms with Crippen LogP contribution in [0, 0.1) is 0 Å². The van der Waals surface area contributed by atoms with Crippen LogP contribution >= 0.6 is 0 Å². The molecule has 0 spiro atoms. The molecule has 0 bridgehead atoms. The fourth-order valence-electron chi connectivity index (χ4n) is 1.80. The first-order chi connectivity index (χ1) is 8.88. The van der Waals surface area contributed by atoms with Gasteiger partial charge in [0.1, 0.15) is 0 Å². The summed E-state index contributed by atoms with van der Waals surface area (Å²) in [5.74, 6) is 0. The number of aromatic nitrogens is 2. The van der Waals surface area contributed by atoms with E-state index in [2.05, 4.69) is 39.6 Å². The van der Waals surface area contributed by atoms with Gasteiger partial charge in [-0.05, 0) is 11.1 Å². The van der Waals surface area contributed by atoms with Gasteiger partial charge in [0.05, 0.1) is 12.9 Å². The second-order valence-electron chi connectivity index (χ2n) is 4.25. The zero-order valence-electron chi connectivity index (χ0n) is 10.6. The number of aromatic amines is 1. The Morgan fingerprint density at radius 3 is 2.67 bits per heavy atom. The normalized spacial score (nSPS) is 10.7. The van der Waals surface area contributed by atoms with Crippen LogP contribution in [0.4, 0.5) is 0 Å². The molecule has 4 heteroatoms. The van der Waals surface area contributed by atoms with E-state index in [-0.39, 0.29) is 0 Å². The molecule has 0 aliphatic carbocycles. The van der Waals surface area contributed by atoms with Crippen LogP contribution in [-0.2, 0) is 24.3 Å². The van der Waals surface area contributed by atoms with Gasteiger partial charge in [-0.15, -0.1) is 0 Å². The lowest BCUT2D eigenvalue weighted by atomic mass is 10.1. The molecule has 1 aromatic carbocycles. The Bertz CT molecular complexity index is 437. The van der Waals surface area contributed by atoms with E-state index in [0.717, 1.165) is 25.2 Å². The summed E-state index contributed by atoms with van der Waals surface area (Å²) in [6, 6.07) is 8.49. The lowest BCUT2D eigenvalue weighted by Gasteiger charge is -2.05. The number of hydrogen-bond donors (Lipinski definition) is 2. The second-order valence-corrected chi connectivity index (χ2v) is 4.25. The molecule has 1 aromatic heterocycles. The quantitative estimate of drug-likeness (QED) is 0.732. The molecule has 2 rings (SSSR count). The van der Waals surface area contributed by atoms with E-state index in [0.29, 0.717) is 6.61 Å². The Morgan fingerprint density at radius 2 is 2.00 bits per heavy atom. The maximum atomic E-state index is 5.08. The van der Waals surface area contributed by atoms with E-state index < -0.39 is 0 Å². The van der Waals surface area contributed by atoms with Crippen molar-refractivity contribution in [3.63, 3.8) is 0 Å². The third-order valence-corrected chi connectivity index (χ3v) is 2.79. The monoisotopic (exact) mass is 245 g/mol. The summed E-state index contributed by atoms with van der Waals surface area (Å²) in [6.45, 7) is 2.51. The van der Waals surface area contributed by atoms with E-state index >= 15 is 0 Å². The van der Waals surface area contributed by atoms with Gasteiger partial charge in [-0.2, -0.15) is 0 Å². The van der Waals surface area contributed by atoms with Crippen molar-refractivity contribution in [1.29, 1.82) is 0 Å². The maximum Gasteiger partial charge on any atom is 0.0921 e. The molecule has 4 nitrogen and oxygen atoms in total. The number of H-pyrrole nitrogens is 1. The van der Waals surface area contributed by atoms with Crippen LogP contribution in [0.25, 0.3) is 0 Å². The lowest BCUT2D eigenvalue weighted by molar-refractivity contribution is 0.185. The van der Waals surface area contributed by atoms with Gasteiger partial charge in [0, 0.05) is 38.5 Å². The summed E-state index contributed by atoms with van der Waals surface area (Å²) >= 11 is 0. The summed E-state index contributed by atoms with van der Waals surface area (Å²) in [5, 5.41) is 3.41. The number of rotatable bonds is 7. The SMILES string of the molecule is COCc1ccc(CNCCc2cnc[nH]2)cc1. The van der Waals surface area contributed by atoms with E-state index in [9.17, 15) is 0 Å². The van der Waals surface area contributed by atoms with Crippen molar-refractivity contribution in [3.05, 3.63) is 53.6 Å². The van der Waals surface area contributed by atoms with Crippen molar-refractivity contribution >= 4 is 0 Å². The number of ether oxygens (including phenoxy) is 1. The predicted molar refractivity (Wildman–Crippen MR) is 71.2 cm³/mol. The average molecular weight is 245 g/mol. The van der Waals surface area contributed by atoms with Crippen LogP contribution in [0.15, 0.2) is 36.8 Å². The fraction of sp³-hybridized carbons (Fsp3) is 0.357. The van der Waals surface area contributed by atoms with Crippen molar-refractivity contribution in [2.45, 2.75) is 19.6 Å². The van der Waals surface area contributed by atoms with Crippen LogP contribution in [0.2, 0.25) is 0 Å². The van der Waals surface area contributed by atoms with Crippen molar-refractivity contribution in [1.82, 2.24) is 15.3 Å². The van der Waals surface area contributed by atoms with E-state index in [1.54, 1.807) is 13.4 Å². The van der Waals surface area contributed by atoms with Crippen molar-refractivity contribution in [2.24, 2.45) is 0 Å². The molecule has 2 N–H and O–H groups in total. The number of benzene rings is 1. The molecule has 0 radical (unpaired) electrons. The van der Waals surface area contributed by atoms with Crippen LogP contribution in [-0.4, -0.2) is 23.6 Å². The molecular formula is C14H19N3O. The van der Waals surface area contributed by atoms with Crippen molar-refractivity contribution < 1.29 is 4.74 Å². The third-order valence-electron chi connectivity index (χ3n) is 2.79. The molecule has 2 aromatic rings. The van der Waals surface area contributed by atoms with Gasteiger partial charge >= 0.3 is 0 Å². The molecule has 0 saturated heterocycles. The Kier molecular flexibility index (Phi) is 4.93. The van der Waals surface area contributed by atoms with Gasteiger partial charge in [0.25, 0.3) is 0 Å². The molecule has 0 amide bonds. The molecule has 0 atom stereocenters. The molecule has 0 unspecified atom stereocenters. The first-order valence-corrected chi connectivity index (χ1v) is 6.13. The summed E-state index contributed by atoms with van der Waals surface area (Å²) < 4.78 is 5.08. The first kappa shape index (κ1) is 12.8. The maximum absolute atomic E-state index is 5.08. The minimum Gasteiger partial charge on any atom is -0.380 e. The summed E-state index contributed by atoms with van der Waals surface area (Å²) in [7, 11) is 1.71. The van der Waals surface area contributed by atoms with Gasteiger partial charge in [-0.25, -0.2) is 4.98 Å².